The fourth-order valence-electron chi connectivity index (χ4n) is 1.13. The number of rotatable bonds is 3. The summed E-state index contributed by atoms with van der Waals surface area (Å²) in [7, 11) is 0. The first-order chi connectivity index (χ1) is 6.84. The maximum atomic E-state index is 11.1. The molecule has 2 unspecified atom stereocenters. The van der Waals surface area contributed by atoms with Crippen molar-refractivity contribution in [3.63, 3.8) is 0 Å². The van der Waals surface area contributed by atoms with Gasteiger partial charge in [-0.15, -0.1) is 0 Å². The van der Waals surface area contributed by atoms with Crippen molar-refractivity contribution in [2.45, 2.75) is 18.6 Å². The number of carbonyl (C=O) groups excluding carboxylic acids is 1. The smallest absolute Gasteiger partial charge is 0.431 e. The van der Waals surface area contributed by atoms with Crippen molar-refractivity contribution < 1.29 is 19.0 Å². The van der Waals surface area contributed by atoms with E-state index in [2.05, 4.69) is 0 Å². The Morgan fingerprint density at radius 3 is 3.00 bits per heavy atom. The van der Waals surface area contributed by atoms with E-state index in [1.165, 1.54) is 0 Å². The summed E-state index contributed by atoms with van der Waals surface area (Å²) >= 11 is 0. The summed E-state index contributed by atoms with van der Waals surface area (Å²) in [5.74, 6) is 0. The first kappa shape index (κ1) is 9.27. The van der Waals surface area contributed by atoms with E-state index in [1.54, 1.807) is 0 Å². The highest BCUT2D eigenvalue weighted by atomic mass is 16.7. The normalized spacial score (nSPS) is 28.6. The molecule has 0 amide bonds. The zero-order chi connectivity index (χ0) is 9.80. The number of hydrogen-bond acceptors (Lipinski definition) is 4. The van der Waals surface area contributed by atoms with Gasteiger partial charge in [0.05, 0.1) is 6.61 Å². The zero-order valence-electron chi connectivity index (χ0n) is 7.72. The van der Waals surface area contributed by atoms with E-state index < -0.39 is 6.16 Å². The largest absolute Gasteiger partial charge is 0.508 e. The molecule has 0 aromatic carbocycles. The Labute approximate surface area is 82.1 Å². The van der Waals surface area contributed by atoms with E-state index in [1.807, 2.05) is 24.3 Å². The van der Waals surface area contributed by atoms with Gasteiger partial charge in [-0.25, -0.2) is 4.79 Å². The van der Waals surface area contributed by atoms with Crippen LogP contribution in [-0.2, 0) is 14.2 Å². The van der Waals surface area contributed by atoms with Crippen LogP contribution in [0.5, 0.6) is 0 Å². The Balaban J connectivity index is 1.65. The molecule has 2 aliphatic rings. The van der Waals surface area contributed by atoms with Crippen molar-refractivity contribution in [3.05, 3.63) is 24.3 Å². The fraction of sp³-hybridized carbons (Fsp3) is 0.500. The predicted octanol–water partition coefficient (Wildman–Crippen LogP) is 1.42. The third kappa shape index (κ3) is 2.88. The molecule has 2 rings (SSSR count). The highest BCUT2D eigenvalue weighted by Gasteiger charge is 2.25. The molecule has 1 saturated heterocycles. The predicted molar refractivity (Wildman–Crippen MR) is 48.9 cm³/mol. The molecule has 1 aliphatic carbocycles. The van der Waals surface area contributed by atoms with Crippen LogP contribution in [0.15, 0.2) is 24.3 Å². The minimum absolute atomic E-state index is 0.0874. The van der Waals surface area contributed by atoms with Gasteiger partial charge in [-0.1, -0.05) is 18.2 Å². The van der Waals surface area contributed by atoms with E-state index in [0.29, 0.717) is 19.6 Å². The van der Waals surface area contributed by atoms with Crippen molar-refractivity contribution in [1.29, 1.82) is 0 Å². The molecule has 0 spiro atoms. The van der Waals surface area contributed by atoms with Gasteiger partial charge in [-0.05, 0) is 6.08 Å². The van der Waals surface area contributed by atoms with Gasteiger partial charge in [-0.3, -0.25) is 0 Å². The lowest BCUT2D eigenvalue weighted by Gasteiger charge is -2.13. The summed E-state index contributed by atoms with van der Waals surface area (Å²) in [5.41, 5.74) is 0. The second kappa shape index (κ2) is 4.28. The third-order valence-electron chi connectivity index (χ3n) is 1.98. The molecule has 1 fully saturated rings. The molecule has 0 bridgehead atoms. The summed E-state index contributed by atoms with van der Waals surface area (Å²) in [6, 6.07) is 0. The monoisotopic (exact) mass is 196 g/mol. The molecule has 76 valence electrons. The van der Waals surface area contributed by atoms with Crippen molar-refractivity contribution in [2.75, 3.05) is 13.2 Å². The molecule has 14 heavy (non-hydrogen) atoms. The average Bonchev–Trinajstić information content (AvgIpc) is 3.00. The lowest BCUT2D eigenvalue weighted by molar-refractivity contribution is 0.0338. The summed E-state index contributed by atoms with van der Waals surface area (Å²) < 4.78 is 14.7. The second-order valence-electron chi connectivity index (χ2n) is 3.22. The average molecular weight is 196 g/mol. The maximum absolute atomic E-state index is 11.1. The summed E-state index contributed by atoms with van der Waals surface area (Å²) in [6.45, 7) is 0.977. The quantitative estimate of drug-likeness (QED) is 0.506. The number of carbonyl (C=O) groups is 1. The van der Waals surface area contributed by atoms with Gasteiger partial charge >= 0.3 is 6.16 Å². The molecule has 0 saturated carbocycles. The van der Waals surface area contributed by atoms with Gasteiger partial charge in [0.1, 0.15) is 18.8 Å². The van der Waals surface area contributed by atoms with E-state index in [0.717, 1.165) is 0 Å². The van der Waals surface area contributed by atoms with Crippen molar-refractivity contribution in [2.24, 2.45) is 0 Å². The summed E-state index contributed by atoms with van der Waals surface area (Å²) in [6.07, 6.45) is 7.54. The zero-order valence-corrected chi connectivity index (χ0v) is 7.72. The van der Waals surface area contributed by atoms with Gasteiger partial charge in [0.2, 0.25) is 0 Å². The van der Waals surface area contributed by atoms with Crippen LogP contribution in [0.4, 0.5) is 4.79 Å². The molecule has 1 heterocycles. The number of ether oxygens (including phenoxy) is 3. The second-order valence-corrected chi connectivity index (χ2v) is 3.22. The molecule has 1 aliphatic heterocycles. The Bertz CT molecular complexity index is 265. The Morgan fingerprint density at radius 2 is 2.36 bits per heavy atom. The van der Waals surface area contributed by atoms with E-state index in [4.69, 9.17) is 14.2 Å². The number of allylic oxidation sites excluding steroid dienone is 2. The molecular formula is C10H12O4. The van der Waals surface area contributed by atoms with Crippen molar-refractivity contribution >= 4 is 6.16 Å². The van der Waals surface area contributed by atoms with Crippen LogP contribution in [0.3, 0.4) is 0 Å². The summed E-state index contributed by atoms with van der Waals surface area (Å²) in [4.78, 5) is 11.1. The topological polar surface area (TPSA) is 48.1 Å². The summed E-state index contributed by atoms with van der Waals surface area (Å²) in [5, 5.41) is 0. The van der Waals surface area contributed by atoms with Crippen LogP contribution in [-0.4, -0.2) is 31.6 Å². The van der Waals surface area contributed by atoms with Crippen LogP contribution in [0.25, 0.3) is 0 Å². The lowest BCUT2D eigenvalue weighted by Crippen LogP contribution is -2.19. The fourth-order valence-corrected chi connectivity index (χ4v) is 1.13. The lowest BCUT2D eigenvalue weighted by atomic mass is 10.1. The Kier molecular flexibility index (Phi) is 2.84. The molecule has 0 N–H and O–H groups in total. The molecule has 2 atom stereocenters. The molecule has 0 radical (unpaired) electrons. The SMILES string of the molecule is O=C(OCC1CO1)OC1C=CC=CC1. The van der Waals surface area contributed by atoms with E-state index >= 15 is 0 Å². The molecular weight excluding hydrogens is 184 g/mol. The Hall–Kier alpha value is -1.29. The van der Waals surface area contributed by atoms with E-state index in [9.17, 15) is 4.79 Å². The first-order valence-corrected chi connectivity index (χ1v) is 4.63. The number of epoxide rings is 1. The van der Waals surface area contributed by atoms with Crippen LogP contribution >= 0.6 is 0 Å². The number of hydrogen-bond donors (Lipinski definition) is 0. The molecule has 0 aromatic rings. The van der Waals surface area contributed by atoms with E-state index in [-0.39, 0.29) is 12.2 Å². The van der Waals surface area contributed by atoms with Crippen LogP contribution < -0.4 is 0 Å². The molecule has 4 heteroatoms. The van der Waals surface area contributed by atoms with Gasteiger partial charge in [-0.2, -0.15) is 0 Å². The standard InChI is InChI=1S/C10H12O4/c11-10(13-7-9-6-12-9)14-8-4-2-1-3-5-8/h1-4,8-9H,5-7H2. The first-order valence-electron chi connectivity index (χ1n) is 4.63. The van der Waals surface area contributed by atoms with Gasteiger partial charge < -0.3 is 14.2 Å². The van der Waals surface area contributed by atoms with Crippen molar-refractivity contribution in [1.82, 2.24) is 0 Å². The molecule has 4 nitrogen and oxygen atoms in total. The van der Waals surface area contributed by atoms with Gasteiger partial charge in [0.15, 0.2) is 0 Å². The highest BCUT2D eigenvalue weighted by Crippen LogP contribution is 2.11. The minimum atomic E-state index is -0.620. The third-order valence-corrected chi connectivity index (χ3v) is 1.98. The van der Waals surface area contributed by atoms with Crippen LogP contribution in [0.1, 0.15) is 6.42 Å². The molecule has 0 aromatic heterocycles. The van der Waals surface area contributed by atoms with Crippen LogP contribution in [0, 0.1) is 0 Å². The maximum Gasteiger partial charge on any atom is 0.508 e. The van der Waals surface area contributed by atoms with Gasteiger partial charge in [0, 0.05) is 6.42 Å². The highest BCUT2D eigenvalue weighted by molar-refractivity contribution is 5.60. The minimum Gasteiger partial charge on any atom is -0.431 e. The van der Waals surface area contributed by atoms with Crippen LogP contribution in [0.2, 0.25) is 0 Å². The van der Waals surface area contributed by atoms with Crippen molar-refractivity contribution in [3.8, 4) is 0 Å². The Morgan fingerprint density at radius 1 is 1.50 bits per heavy atom. The van der Waals surface area contributed by atoms with Gasteiger partial charge in [0.25, 0.3) is 0 Å².